The number of rotatable bonds is 0. The Morgan fingerprint density at radius 3 is 3.21 bits per heavy atom. The quantitative estimate of drug-likeness (QED) is 0.656. The number of hydrogen-bond donors (Lipinski definition) is 1. The molecule has 0 bridgehead atoms. The lowest BCUT2D eigenvalue weighted by Gasteiger charge is -2.19. The molecule has 2 atom stereocenters. The van der Waals surface area contributed by atoms with Crippen LogP contribution < -0.4 is 15.4 Å². The van der Waals surface area contributed by atoms with Gasteiger partial charge in [-0.15, -0.1) is 0 Å². The number of aromatic nitrogens is 1. The number of ether oxygens (including phenoxy) is 1. The summed E-state index contributed by atoms with van der Waals surface area (Å²) in [5, 5.41) is 0. The normalized spacial score (nSPS) is 26.4. The number of nitrogens with zero attached hydrogens (tertiary/aromatic N) is 2. The van der Waals surface area contributed by atoms with Gasteiger partial charge in [0.15, 0.2) is 11.6 Å². The van der Waals surface area contributed by atoms with E-state index in [1.54, 1.807) is 6.20 Å². The largest absolute Gasteiger partial charge is 0.485 e. The van der Waals surface area contributed by atoms with Gasteiger partial charge in [0.05, 0.1) is 6.04 Å². The first-order valence-corrected chi connectivity index (χ1v) is 4.77. The predicted molar refractivity (Wildman–Crippen MR) is 55.6 cm³/mol. The SMILES string of the molecule is C[C@H]1Oc2cccnc2N(C)C[C@@H]1N. The van der Waals surface area contributed by atoms with Gasteiger partial charge in [-0.05, 0) is 19.1 Å². The highest BCUT2D eigenvalue weighted by molar-refractivity contribution is 5.52. The minimum atomic E-state index is 0.0224. The number of pyridine rings is 1. The Hall–Kier alpha value is -1.29. The maximum atomic E-state index is 5.95. The summed E-state index contributed by atoms with van der Waals surface area (Å²) in [7, 11) is 1.98. The van der Waals surface area contributed by atoms with Crippen molar-refractivity contribution in [1.29, 1.82) is 0 Å². The van der Waals surface area contributed by atoms with E-state index < -0.39 is 0 Å². The predicted octanol–water partition coefficient (Wildman–Crippen LogP) is 0.626. The van der Waals surface area contributed by atoms with Gasteiger partial charge in [0.2, 0.25) is 0 Å². The number of hydrogen-bond acceptors (Lipinski definition) is 4. The molecule has 0 aliphatic carbocycles. The molecule has 0 amide bonds. The van der Waals surface area contributed by atoms with E-state index in [9.17, 15) is 0 Å². The fraction of sp³-hybridized carbons (Fsp3) is 0.500. The van der Waals surface area contributed by atoms with E-state index in [1.165, 1.54) is 0 Å². The van der Waals surface area contributed by atoms with Gasteiger partial charge in [0.1, 0.15) is 6.10 Å². The molecule has 0 aromatic carbocycles. The second kappa shape index (κ2) is 3.46. The average Bonchev–Trinajstić information content (AvgIpc) is 2.27. The highest BCUT2D eigenvalue weighted by Gasteiger charge is 2.24. The molecule has 1 aromatic rings. The van der Waals surface area contributed by atoms with E-state index in [0.29, 0.717) is 0 Å². The second-order valence-corrected chi connectivity index (χ2v) is 3.69. The van der Waals surface area contributed by atoms with Gasteiger partial charge < -0.3 is 15.4 Å². The van der Waals surface area contributed by atoms with Crippen LogP contribution in [0.4, 0.5) is 5.82 Å². The van der Waals surface area contributed by atoms with Gasteiger partial charge >= 0.3 is 0 Å². The van der Waals surface area contributed by atoms with Gasteiger partial charge in [0, 0.05) is 19.8 Å². The van der Waals surface area contributed by atoms with Crippen molar-refractivity contribution >= 4 is 5.82 Å². The third kappa shape index (κ3) is 1.53. The van der Waals surface area contributed by atoms with Crippen LogP contribution in [0.1, 0.15) is 6.92 Å². The van der Waals surface area contributed by atoms with Crippen molar-refractivity contribution in [2.24, 2.45) is 5.73 Å². The van der Waals surface area contributed by atoms with E-state index in [4.69, 9.17) is 10.5 Å². The highest BCUT2D eigenvalue weighted by Crippen LogP contribution is 2.28. The molecule has 0 fully saturated rings. The van der Waals surface area contributed by atoms with Crippen LogP contribution in [0, 0.1) is 0 Å². The van der Waals surface area contributed by atoms with Crippen molar-refractivity contribution in [3.05, 3.63) is 18.3 Å². The average molecular weight is 193 g/mol. The van der Waals surface area contributed by atoms with Crippen molar-refractivity contribution in [2.75, 3.05) is 18.5 Å². The number of fused-ring (bicyclic) bond motifs is 1. The summed E-state index contributed by atoms with van der Waals surface area (Å²) in [4.78, 5) is 6.31. The van der Waals surface area contributed by atoms with Crippen molar-refractivity contribution < 1.29 is 4.74 Å². The Morgan fingerprint density at radius 1 is 1.64 bits per heavy atom. The van der Waals surface area contributed by atoms with Gasteiger partial charge in [-0.1, -0.05) is 0 Å². The van der Waals surface area contributed by atoms with Gasteiger partial charge in [-0.3, -0.25) is 0 Å². The van der Waals surface area contributed by atoms with Gasteiger partial charge in [-0.25, -0.2) is 4.98 Å². The summed E-state index contributed by atoms with van der Waals surface area (Å²) < 4.78 is 5.71. The summed E-state index contributed by atoms with van der Waals surface area (Å²) in [5.74, 6) is 1.68. The minimum Gasteiger partial charge on any atom is -0.485 e. The molecule has 1 aliphatic heterocycles. The molecule has 0 radical (unpaired) electrons. The van der Waals surface area contributed by atoms with E-state index in [2.05, 4.69) is 4.98 Å². The second-order valence-electron chi connectivity index (χ2n) is 3.69. The zero-order chi connectivity index (χ0) is 10.1. The molecule has 1 aliphatic rings. The highest BCUT2D eigenvalue weighted by atomic mass is 16.5. The molecule has 4 nitrogen and oxygen atoms in total. The maximum Gasteiger partial charge on any atom is 0.171 e. The van der Waals surface area contributed by atoms with Crippen LogP contribution in [0.3, 0.4) is 0 Å². The standard InChI is InChI=1S/C10H15N3O/c1-7-8(11)6-13(2)10-9(14-7)4-3-5-12-10/h3-5,7-8H,6,11H2,1-2H3/t7-,8+/m1/s1. The Kier molecular flexibility index (Phi) is 2.29. The van der Waals surface area contributed by atoms with Crippen LogP contribution >= 0.6 is 0 Å². The third-order valence-corrected chi connectivity index (χ3v) is 2.51. The van der Waals surface area contributed by atoms with Crippen LogP contribution in [0.15, 0.2) is 18.3 Å². The molecule has 2 heterocycles. The van der Waals surface area contributed by atoms with Crippen molar-refractivity contribution in [2.45, 2.75) is 19.1 Å². The molecule has 2 N–H and O–H groups in total. The van der Waals surface area contributed by atoms with Crippen LogP contribution in [0.2, 0.25) is 0 Å². The third-order valence-electron chi connectivity index (χ3n) is 2.51. The first kappa shape index (κ1) is 9.27. The summed E-state index contributed by atoms with van der Waals surface area (Å²) in [6.45, 7) is 2.76. The molecule has 0 saturated heterocycles. The summed E-state index contributed by atoms with van der Waals surface area (Å²) >= 11 is 0. The molecule has 0 saturated carbocycles. The molecule has 76 valence electrons. The Balaban J connectivity index is 2.38. The van der Waals surface area contributed by atoms with E-state index >= 15 is 0 Å². The Morgan fingerprint density at radius 2 is 2.43 bits per heavy atom. The topological polar surface area (TPSA) is 51.4 Å². The van der Waals surface area contributed by atoms with E-state index in [-0.39, 0.29) is 12.1 Å². The maximum absolute atomic E-state index is 5.95. The van der Waals surface area contributed by atoms with Crippen molar-refractivity contribution in [3.8, 4) is 5.75 Å². The molecule has 2 rings (SSSR count). The molecular weight excluding hydrogens is 178 g/mol. The Bertz CT molecular complexity index is 329. The molecular formula is C10H15N3O. The fourth-order valence-electron chi connectivity index (χ4n) is 1.60. The molecule has 4 heteroatoms. The molecule has 14 heavy (non-hydrogen) atoms. The van der Waals surface area contributed by atoms with Gasteiger partial charge in [-0.2, -0.15) is 0 Å². The lowest BCUT2D eigenvalue weighted by molar-refractivity contribution is 0.199. The Labute approximate surface area is 83.7 Å². The lowest BCUT2D eigenvalue weighted by atomic mass is 10.2. The first-order chi connectivity index (χ1) is 6.68. The van der Waals surface area contributed by atoms with Crippen LogP contribution in [-0.2, 0) is 0 Å². The van der Waals surface area contributed by atoms with Crippen molar-refractivity contribution in [3.63, 3.8) is 0 Å². The fourth-order valence-corrected chi connectivity index (χ4v) is 1.60. The number of likely N-dealkylation sites (N-methyl/N-ethyl adjacent to an activating group) is 1. The van der Waals surface area contributed by atoms with E-state index in [0.717, 1.165) is 18.1 Å². The lowest BCUT2D eigenvalue weighted by Crippen LogP contribution is -2.43. The van der Waals surface area contributed by atoms with E-state index in [1.807, 2.05) is 31.0 Å². The van der Waals surface area contributed by atoms with Crippen molar-refractivity contribution in [1.82, 2.24) is 4.98 Å². The summed E-state index contributed by atoms with van der Waals surface area (Å²) in [6, 6.07) is 3.82. The van der Waals surface area contributed by atoms with Crippen LogP contribution in [-0.4, -0.2) is 30.7 Å². The summed E-state index contributed by atoms with van der Waals surface area (Å²) in [5.41, 5.74) is 5.95. The zero-order valence-corrected chi connectivity index (χ0v) is 8.47. The monoisotopic (exact) mass is 193 g/mol. The zero-order valence-electron chi connectivity index (χ0n) is 8.47. The van der Waals surface area contributed by atoms with Crippen LogP contribution in [0.5, 0.6) is 5.75 Å². The number of nitrogens with two attached hydrogens (primary N) is 1. The molecule has 1 aromatic heterocycles. The van der Waals surface area contributed by atoms with Crippen LogP contribution in [0.25, 0.3) is 0 Å². The minimum absolute atomic E-state index is 0.0224. The summed E-state index contributed by atoms with van der Waals surface area (Å²) in [6.07, 6.45) is 1.79. The van der Waals surface area contributed by atoms with Gasteiger partial charge in [0.25, 0.3) is 0 Å². The molecule has 0 unspecified atom stereocenters. The number of anilines is 1. The molecule has 0 spiro atoms. The first-order valence-electron chi connectivity index (χ1n) is 4.77. The smallest absolute Gasteiger partial charge is 0.171 e.